The molecule has 6 heteroatoms. The van der Waals surface area contributed by atoms with Crippen molar-refractivity contribution in [2.45, 2.75) is 30.8 Å². The minimum absolute atomic E-state index is 0.109. The SMILES string of the molecule is [C-]#[N+]CCO[C@@H]1COC2C1OC[C@@H]2OCCC#N. The van der Waals surface area contributed by atoms with Crippen molar-refractivity contribution in [2.75, 3.05) is 33.0 Å². The third kappa shape index (κ3) is 2.98. The van der Waals surface area contributed by atoms with Crippen LogP contribution in [0.15, 0.2) is 0 Å². The number of hydrogen-bond donors (Lipinski definition) is 0. The van der Waals surface area contributed by atoms with Gasteiger partial charge in [0.2, 0.25) is 6.54 Å². The van der Waals surface area contributed by atoms with Crippen molar-refractivity contribution in [1.29, 1.82) is 5.26 Å². The molecular weight excluding hydrogens is 236 g/mol. The van der Waals surface area contributed by atoms with E-state index < -0.39 is 0 Å². The molecule has 4 atom stereocenters. The van der Waals surface area contributed by atoms with E-state index in [0.717, 1.165) is 0 Å². The third-order valence-corrected chi connectivity index (χ3v) is 3.04. The zero-order chi connectivity index (χ0) is 12.8. The van der Waals surface area contributed by atoms with E-state index in [0.29, 0.717) is 39.4 Å². The predicted octanol–water partition coefficient (Wildman–Crippen LogP) is 0.387. The molecule has 2 saturated heterocycles. The minimum Gasteiger partial charge on any atom is -0.372 e. The van der Waals surface area contributed by atoms with Gasteiger partial charge in [-0.25, -0.2) is 6.57 Å². The molecule has 2 rings (SSSR count). The van der Waals surface area contributed by atoms with Gasteiger partial charge in [0.15, 0.2) is 0 Å². The van der Waals surface area contributed by atoms with E-state index >= 15 is 0 Å². The molecule has 0 amide bonds. The van der Waals surface area contributed by atoms with Gasteiger partial charge in [-0.2, -0.15) is 5.26 Å². The molecule has 0 spiro atoms. The lowest BCUT2D eigenvalue weighted by molar-refractivity contribution is -0.0473. The van der Waals surface area contributed by atoms with Crippen molar-refractivity contribution in [3.63, 3.8) is 0 Å². The summed E-state index contributed by atoms with van der Waals surface area (Å²) >= 11 is 0. The minimum atomic E-state index is -0.113. The molecule has 0 aromatic rings. The molecule has 0 aromatic heterocycles. The molecule has 98 valence electrons. The summed E-state index contributed by atoms with van der Waals surface area (Å²) < 4.78 is 22.4. The van der Waals surface area contributed by atoms with Crippen molar-refractivity contribution in [1.82, 2.24) is 0 Å². The number of nitriles is 1. The second-order valence-electron chi connectivity index (χ2n) is 4.20. The Labute approximate surface area is 106 Å². The first-order chi connectivity index (χ1) is 8.86. The van der Waals surface area contributed by atoms with Crippen LogP contribution in [0.1, 0.15) is 6.42 Å². The lowest BCUT2D eigenvalue weighted by Gasteiger charge is -2.16. The van der Waals surface area contributed by atoms with E-state index in [-0.39, 0.29) is 24.4 Å². The Hall–Kier alpha value is -1.18. The first-order valence-corrected chi connectivity index (χ1v) is 6.03. The molecule has 6 nitrogen and oxygen atoms in total. The fourth-order valence-electron chi connectivity index (χ4n) is 2.22. The van der Waals surface area contributed by atoms with Crippen LogP contribution in [0.5, 0.6) is 0 Å². The third-order valence-electron chi connectivity index (χ3n) is 3.04. The van der Waals surface area contributed by atoms with E-state index in [1.54, 1.807) is 0 Å². The second-order valence-corrected chi connectivity index (χ2v) is 4.20. The van der Waals surface area contributed by atoms with Crippen molar-refractivity contribution >= 4 is 0 Å². The lowest BCUT2D eigenvalue weighted by Crippen LogP contribution is -2.34. The molecular formula is C12H16N2O4. The Bertz CT molecular complexity index is 315. The first kappa shape index (κ1) is 13.3. The maximum absolute atomic E-state index is 8.45. The van der Waals surface area contributed by atoms with E-state index in [9.17, 15) is 0 Å². The highest BCUT2D eigenvalue weighted by Gasteiger charge is 2.48. The fourth-order valence-corrected chi connectivity index (χ4v) is 2.22. The van der Waals surface area contributed by atoms with Gasteiger partial charge in [0, 0.05) is 0 Å². The van der Waals surface area contributed by atoms with Crippen LogP contribution >= 0.6 is 0 Å². The zero-order valence-electron chi connectivity index (χ0n) is 10.1. The summed E-state index contributed by atoms with van der Waals surface area (Å²) in [4.78, 5) is 3.24. The molecule has 0 N–H and O–H groups in total. The van der Waals surface area contributed by atoms with Gasteiger partial charge in [-0.15, -0.1) is 0 Å². The number of hydrogen-bond acceptors (Lipinski definition) is 5. The number of nitrogens with zero attached hydrogens (tertiary/aromatic N) is 2. The number of ether oxygens (including phenoxy) is 4. The Morgan fingerprint density at radius 2 is 1.78 bits per heavy atom. The molecule has 2 heterocycles. The predicted molar refractivity (Wildman–Crippen MR) is 60.7 cm³/mol. The van der Waals surface area contributed by atoms with E-state index in [4.69, 9.17) is 30.8 Å². The van der Waals surface area contributed by atoms with Gasteiger partial charge in [0.25, 0.3) is 0 Å². The monoisotopic (exact) mass is 252 g/mol. The van der Waals surface area contributed by atoms with E-state index in [1.807, 2.05) is 6.07 Å². The largest absolute Gasteiger partial charge is 0.372 e. The summed E-state index contributed by atoms with van der Waals surface area (Å²) in [5.41, 5.74) is 0. The molecule has 2 fully saturated rings. The molecule has 2 aliphatic heterocycles. The molecule has 2 unspecified atom stereocenters. The topological polar surface area (TPSA) is 65.1 Å². The second kappa shape index (κ2) is 6.67. The number of rotatable bonds is 6. The van der Waals surface area contributed by atoms with Gasteiger partial charge in [-0.3, -0.25) is 0 Å². The highest BCUT2D eigenvalue weighted by Crippen LogP contribution is 2.30. The molecule has 0 aromatic carbocycles. The summed E-state index contributed by atoms with van der Waals surface area (Å²) in [6.45, 7) is 8.81. The molecule has 0 radical (unpaired) electrons. The molecule has 0 bridgehead atoms. The first-order valence-electron chi connectivity index (χ1n) is 6.03. The van der Waals surface area contributed by atoms with Crippen molar-refractivity contribution in [3.05, 3.63) is 11.4 Å². The average Bonchev–Trinajstić information content (AvgIpc) is 2.94. The van der Waals surface area contributed by atoms with E-state index in [1.165, 1.54) is 0 Å². The lowest BCUT2D eigenvalue weighted by atomic mass is 10.1. The highest BCUT2D eigenvalue weighted by atomic mass is 16.6. The molecule has 2 aliphatic rings. The van der Waals surface area contributed by atoms with Crippen LogP contribution in [0.4, 0.5) is 0 Å². The zero-order valence-corrected chi connectivity index (χ0v) is 10.1. The average molecular weight is 252 g/mol. The van der Waals surface area contributed by atoms with Crippen LogP contribution in [-0.4, -0.2) is 57.4 Å². The molecule has 18 heavy (non-hydrogen) atoms. The van der Waals surface area contributed by atoms with Crippen molar-refractivity contribution in [3.8, 4) is 6.07 Å². The maximum atomic E-state index is 8.45. The van der Waals surface area contributed by atoms with Crippen LogP contribution in [0.25, 0.3) is 4.85 Å². The van der Waals surface area contributed by atoms with E-state index in [2.05, 4.69) is 4.85 Å². The fraction of sp³-hybridized carbons (Fsp3) is 0.833. The van der Waals surface area contributed by atoms with Gasteiger partial charge in [0.1, 0.15) is 31.0 Å². The van der Waals surface area contributed by atoms with Crippen LogP contribution in [0.3, 0.4) is 0 Å². The summed E-state index contributed by atoms with van der Waals surface area (Å²) in [6.07, 6.45) is -0.0673. The smallest absolute Gasteiger partial charge is 0.237 e. The van der Waals surface area contributed by atoms with Gasteiger partial charge >= 0.3 is 0 Å². The van der Waals surface area contributed by atoms with Crippen LogP contribution in [0.2, 0.25) is 0 Å². The van der Waals surface area contributed by atoms with Gasteiger partial charge < -0.3 is 23.8 Å². The van der Waals surface area contributed by atoms with Gasteiger partial charge in [-0.1, -0.05) is 0 Å². The maximum Gasteiger partial charge on any atom is 0.237 e. The Balaban J connectivity index is 1.76. The molecule has 0 saturated carbocycles. The van der Waals surface area contributed by atoms with Crippen molar-refractivity contribution < 1.29 is 18.9 Å². The quantitative estimate of drug-likeness (QED) is 0.505. The van der Waals surface area contributed by atoms with Crippen LogP contribution in [0, 0.1) is 17.9 Å². The van der Waals surface area contributed by atoms with Crippen molar-refractivity contribution in [2.24, 2.45) is 0 Å². The summed E-state index contributed by atoms with van der Waals surface area (Å²) in [7, 11) is 0. The highest BCUT2D eigenvalue weighted by molar-refractivity contribution is 4.96. The standard InChI is InChI=1S/C12H16N2O4/c1-14-4-6-16-10-8-18-11-9(7-17-12(10)11)15-5-2-3-13/h9-12H,2,4-8H2/t9-,10+,11?,12?/m0/s1. The Kier molecular flexibility index (Phi) is 4.91. The summed E-state index contributed by atoms with van der Waals surface area (Å²) in [5.74, 6) is 0. The van der Waals surface area contributed by atoms with Crippen LogP contribution < -0.4 is 0 Å². The summed E-state index contributed by atoms with van der Waals surface area (Å²) in [6, 6.07) is 2.03. The summed E-state index contributed by atoms with van der Waals surface area (Å²) in [5, 5.41) is 8.45. The Morgan fingerprint density at radius 1 is 1.17 bits per heavy atom. The van der Waals surface area contributed by atoms with Gasteiger partial charge in [-0.05, 0) is 0 Å². The Morgan fingerprint density at radius 3 is 2.33 bits per heavy atom. The molecule has 0 aliphatic carbocycles. The number of fused-ring (bicyclic) bond motifs is 1. The van der Waals surface area contributed by atoms with Crippen LogP contribution in [-0.2, 0) is 18.9 Å². The normalized spacial score (nSPS) is 33.9. The van der Waals surface area contributed by atoms with Gasteiger partial charge in [0.05, 0.1) is 32.3 Å².